The molecule has 0 saturated heterocycles. The Hall–Kier alpha value is -1.83. The number of allylic oxidation sites excluding steroid dienone is 2. The fraction of sp³-hybridized carbons (Fsp3) is 0.267. The summed E-state index contributed by atoms with van der Waals surface area (Å²) in [6, 6.07) is 9.47. The van der Waals surface area contributed by atoms with Crippen LogP contribution in [0.2, 0.25) is 0 Å². The third-order valence-corrected chi connectivity index (χ3v) is 2.85. The van der Waals surface area contributed by atoms with Crippen molar-refractivity contribution < 1.29 is 9.53 Å². The molecule has 88 valence electrons. The Kier molecular flexibility index (Phi) is 3.43. The molecule has 0 bridgehead atoms. The largest absolute Gasteiger partial charge is 0.487 e. The predicted molar refractivity (Wildman–Crippen MR) is 68.3 cm³/mol. The van der Waals surface area contributed by atoms with Crippen molar-refractivity contribution in [3.05, 3.63) is 54.3 Å². The molecule has 17 heavy (non-hydrogen) atoms. The van der Waals surface area contributed by atoms with E-state index in [-0.39, 0.29) is 11.9 Å². The van der Waals surface area contributed by atoms with Crippen LogP contribution < -0.4 is 0 Å². The van der Waals surface area contributed by atoms with Gasteiger partial charge in [-0.05, 0) is 31.4 Å². The fourth-order valence-corrected chi connectivity index (χ4v) is 1.84. The van der Waals surface area contributed by atoms with E-state index in [1.165, 1.54) is 0 Å². The van der Waals surface area contributed by atoms with E-state index in [4.69, 9.17) is 4.74 Å². The summed E-state index contributed by atoms with van der Waals surface area (Å²) in [5.41, 5.74) is 1.34. The van der Waals surface area contributed by atoms with Crippen molar-refractivity contribution >= 4 is 11.4 Å². The van der Waals surface area contributed by atoms with E-state index in [0.29, 0.717) is 11.3 Å². The normalized spacial score (nSPS) is 19.1. The highest BCUT2D eigenvalue weighted by Crippen LogP contribution is 2.23. The Morgan fingerprint density at radius 1 is 1.35 bits per heavy atom. The summed E-state index contributed by atoms with van der Waals surface area (Å²) in [7, 11) is 0. The van der Waals surface area contributed by atoms with Crippen LogP contribution in [0.3, 0.4) is 0 Å². The molecule has 1 aliphatic rings. The second-order valence-electron chi connectivity index (χ2n) is 4.25. The van der Waals surface area contributed by atoms with Gasteiger partial charge in [-0.3, -0.25) is 4.79 Å². The molecule has 0 spiro atoms. The highest BCUT2D eigenvalue weighted by molar-refractivity contribution is 6.27. The first-order valence-electron chi connectivity index (χ1n) is 5.84. The lowest BCUT2D eigenvalue weighted by Crippen LogP contribution is -2.18. The van der Waals surface area contributed by atoms with Gasteiger partial charge in [-0.1, -0.05) is 36.9 Å². The zero-order valence-corrected chi connectivity index (χ0v) is 9.98. The SMILES string of the molecule is C=C(C(=O)C1=CCCC(C)O1)c1ccccc1. The van der Waals surface area contributed by atoms with Gasteiger partial charge in [0.1, 0.15) is 0 Å². The van der Waals surface area contributed by atoms with Crippen molar-refractivity contribution in [2.75, 3.05) is 0 Å². The van der Waals surface area contributed by atoms with Crippen LogP contribution in [-0.2, 0) is 9.53 Å². The maximum atomic E-state index is 12.2. The van der Waals surface area contributed by atoms with Gasteiger partial charge in [0.25, 0.3) is 0 Å². The van der Waals surface area contributed by atoms with E-state index in [0.717, 1.165) is 18.4 Å². The van der Waals surface area contributed by atoms with Crippen molar-refractivity contribution in [2.24, 2.45) is 0 Å². The minimum atomic E-state index is -0.109. The molecule has 1 aromatic rings. The lowest BCUT2D eigenvalue weighted by molar-refractivity contribution is -0.114. The average molecular weight is 228 g/mol. The molecule has 2 nitrogen and oxygen atoms in total. The first-order chi connectivity index (χ1) is 8.18. The van der Waals surface area contributed by atoms with Gasteiger partial charge in [0.05, 0.1) is 6.10 Å². The van der Waals surface area contributed by atoms with Crippen LogP contribution >= 0.6 is 0 Å². The van der Waals surface area contributed by atoms with Crippen LogP contribution in [0.5, 0.6) is 0 Å². The number of carbonyl (C=O) groups is 1. The number of hydrogen-bond acceptors (Lipinski definition) is 2. The van der Waals surface area contributed by atoms with Crippen molar-refractivity contribution in [2.45, 2.75) is 25.9 Å². The number of hydrogen-bond donors (Lipinski definition) is 0. The fourth-order valence-electron chi connectivity index (χ4n) is 1.84. The summed E-state index contributed by atoms with van der Waals surface area (Å²) in [6.07, 6.45) is 3.83. The van der Waals surface area contributed by atoms with Crippen molar-refractivity contribution in [3.8, 4) is 0 Å². The highest BCUT2D eigenvalue weighted by Gasteiger charge is 2.20. The Labute approximate surface area is 102 Å². The van der Waals surface area contributed by atoms with Gasteiger partial charge in [0, 0.05) is 5.57 Å². The third kappa shape index (κ3) is 2.64. The first kappa shape index (κ1) is 11.6. The topological polar surface area (TPSA) is 26.3 Å². The first-order valence-corrected chi connectivity index (χ1v) is 5.84. The molecule has 1 heterocycles. The van der Waals surface area contributed by atoms with E-state index < -0.39 is 0 Å². The van der Waals surface area contributed by atoms with Crippen LogP contribution in [0.4, 0.5) is 0 Å². The number of ketones is 1. The lowest BCUT2D eigenvalue weighted by atomic mass is 10.0. The zero-order chi connectivity index (χ0) is 12.3. The van der Waals surface area contributed by atoms with E-state index in [2.05, 4.69) is 6.58 Å². The van der Waals surface area contributed by atoms with E-state index in [1.807, 2.05) is 43.3 Å². The van der Waals surface area contributed by atoms with Crippen molar-refractivity contribution in [1.29, 1.82) is 0 Å². The number of carbonyl (C=O) groups excluding carboxylic acids is 1. The van der Waals surface area contributed by atoms with Gasteiger partial charge in [-0.25, -0.2) is 0 Å². The van der Waals surface area contributed by atoms with Gasteiger partial charge in [0.15, 0.2) is 5.76 Å². The summed E-state index contributed by atoms with van der Waals surface area (Å²) in [4.78, 5) is 12.2. The van der Waals surface area contributed by atoms with E-state index in [9.17, 15) is 4.79 Å². The van der Waals surface area contributed by atoms with Crippen LogP contribution in [0.15, 0.2) is 48.7 Å². The zero-order valence-electron chi connectivity index (χ0n) is 9.98. The molecule has 0 N–H and O–H groups in total. The minimum Gasteiger partial charge on any atom is -0.487 e. The Morgan fingerprint density at radius 3 is 2.71 bits per heavy atom. The van der Waals surface area contributed by atoms with Crippen LogP contribution in [-0.4, -0.2) is 11.9 Å². The van der Waals surface area contributed by atoms with Crippen molar-refractivity contribution in [1.82, 2.24) is 0 Å². The molecule has 1 aliphatic heterocycles. The molecular formula is C15H16O2. The molecule has 0 saturated carbocycles. The molecule has 2 heteroatoms. The number of Topliss-reactive ketones (excluding diaryl/α,β-unsaturated/α-hetero) is 1. The quantitative estimate of drug-likeness (QED) is 0.741. The molecule has 1 atom stereocenters. The van der Waals surface area contributed by atoms with E-state index >= 15 is 0 Å². The molecule has 0 radical (unpaired) electrons. The Bertz CT molecular complexity index is 457. The van der Waals surface area contributed by atoms with Crippen molar-refractivity contribution in [3.63, 3.8) is 0 Å². The van der Waals surface area contributed by atoms with Crippen LogP contribution in [0.1, 0.15) is 25.3 Å². The lowest BCUT2D eigenvalue weighted by Gasteiger charge is -2.21. The van der Waals surface area contributed by atoms with E-state index in [1.54, 1.807) is 0 Å². The molecule has 0 aromatic heterocycles. The molecule has 0 amide bonds. The second-order valence-corrected chi connectivity index (χ2v) is 4.25. The number of benzene rings is 1. The average Bonchev–Trinajstić information content (AvgIpc) is 2.38. The molecular weight excluding hydrogens is 212 g/mol. The predicted octanol–water partition coefficient (Wildman–Crippen LogP) is 3.35. The van der Waals surface area contributed by atoms with Gasteiger partial charge in [-0.15, -0.1) is 0 Å². The maximum absolute atomic E-state index is 12.2. The van der Waals surface area contributed by atoms with Gasteiger partial charge >= 0.3 is 0 Å². The molecule has 0 aliphatic carbocycles. The van der Waals surface area contributed by atoms with Gasteiger partial charge < -0.3 is 4.74 Å². The van der Waals surface area contributed by atoms with Gasteiger partial charge in [-0.2, -0.15) is 0 Å². The third-order valence-electron chi connectivity index (χ3n) is 2.85. The summed E-state index contributed by atoms with van der Waals surface area (Å²) in [5, 5.41) is 0. The second kappa shape index (κ2) is 5.00. The summed E-state index contributed by atoms with van der Waals surface area (Å²) in [5.74, 6) is 0.334. The standard InChI is InChI=1S/C15H16O2/c1-11-7-6-10-14(17-11)15(16)12(2)13-8-4-3-5-9-13/h3-5,8-11H,2,6-7H2,1H3. The summed E-state index contributed by atoms with van der Waals surface area (Å²) < 4.78 is 5.54. The molecule has 1 unspecified atom stereocenters. The number of rotatable bonds is 3. The summed E-state index contributed by atoms with van der Waals surface area (Å²) >= 11 is 0. The minimum absolute atomic E-state index is 0.109. The molecule has 0 fully saturated rings. The van der Waals surface area contributed by atoms with Crippen LogP contribution in [0.25, 0.3) is 5.57 Å². The highest BCUT2D eigenvalue weighted by atomic mass is 16.5. The molecule has 1 aromatic carbocycles. The van der Waals surface area contributed by atoms with Crippen LogP contribution in [0, 0.1) is 0 Å². The smallest absolute Gasteiger partial charge is 0.227 e. The summed E-state index contributed by atoms with van der Waals surface area (Å²) in [6.45, 7) is 5.83. The Morgan fingerprint density at radius 2 is 2.06 bits per heavy atom. The monoisotopic (exact) mass is 228 g/mol. The van der Waals surface area contributed by atoms with Gasteiger partial charge in [0.2, 0.25) is 5.78 Å². The number of ether oxygens (including phenoxy) is 1. The molecule has 2 rings (SSSR count). The maximum Gasteiger partial charge on any atom is 0.227 e. The Balaban J connectivity index is 2.16.